The lowest BCUT2D eigenvalue weighted by Crippen LogP contribution is -2.45. The molecule has 0 unspecified atom stereocenters. The van der Waals surface area contributed by atoms with Crippen molar-refractivity contribution in [2.75, 3.05) is 13.2 Å². The lowest BCUT2D eigenvalue weighted by molar-refractivity contribution is -0.0246. The van der Waals surface area contributed by atoms with E-state index in [1.165, 1.54) is 25.7 Å². The van der Waals surface area contributed by atoms with Gasteiger partial charge in [0.25, 0.3) is 0 Å². The second-order valence-electron chi connectivity index (χ2n) is 8.10. The van der Waals surface area contributed by atoms with Crippen LogP contribution in [-0.2, 0) is 11.3 Å². The molecule has 7 heteroatoms. The molecule has 3 fully saturated rings. The number of rotatable bonds is 5. The second kappa shape index (κ2) is 7.55. The standard InChI is InChI=1S/C19H30N4O3/c1-2-23(12-16-21-17(26-22-16)14-7-6-8-14)18(24)20-15-11-19(25-13-15)9-4-3-5-10-19/h14-15H,2-13H2,1H3,(H,20,24)/t15-/m0/s1. The molecule has 0 aromatic carbocycles. The summed E-state index contributed by atoms with van der Waals surface area (Å²) >= 11 is 0. The third-order valence-corrected chi connectivity index (χ3v) is 6.24. The number of amides is 2. The number of nitrogens with one attached hydrogen (secondary N) is 1. The minimum atomic E-state index is -0.0658. The van der Waals surface area contributed by atoms with E-state index in [4.69, 9.17) is 9.26 Å². The maximum atomic E-state index is 12.7. The van der Waals surface area contributed by atoms with Crippen LogP contribution in [0.4, 0.5) is 4.79 Å². The summed E-state index contributed by atoms with van der Waals surface area (Å²) in [5.41, 5.74) is 0.0125. The zero-order chi connectivity index (χ0) is 18.0. The molecule has 2 aliphatic carbocycles. The molecular formula is C19H30N4O3. The zero-order valence-corrected chi connectivity index (χ0v) is 15.7. The number of ether oxygens (including phenoxy) is 1. The number of aromatic nitrogens is 2. The fourth-order valence-corrected chi connectivity index (χ4v) is 4.40. The van der Waals surface area contributed by atoms with Crippen molar-refractivity contribution in [1.82, 2.24) is 20.4 Å². The summed E-state index contributed by atoms with van der Waals surface area (Å²) in [6, 6.07) is 0.0365. The van der Waals surface area contributed by atoms with Crippen molar-refractivity contribution in [3.63, 3.8) is 0 Å². The fraction of sp³-hybridized carbons (Fsp3) is 0.842. The Labute approximate surface area is 154 Å². The van der Waals surface area contributed by atoms with Crippen molar-refractivity contribution >= 4 is 6.03 Å². The van der Waals surface area contributed by atoms with Gasteiger partial charge in [0.1, 0.15) is 0 Å². The Kier molecular flexibility index (Phi) is 5.16. The Morgan fingerprint density at radius 3 is 2.77 bits per heavy atom. The molecule has 1 aromatic heterocycles. The molecule has 144 valence electrons. The van der Waals surface area contributed by atoms with Gasteiger partial charge in [-0.15, -0.1) is 0 Å². The van der Waals surface area contributed by atoms with E-state index in [-0.39, 0.29) is 17.7 Å². The van der Waals surface area contributed by atoms with E-state index in [1.54, 1.807) is 4.90 Å². The summed E-state index contributed by atoms with van der Waals surface area (Å²) in [6.45, 7) is 3.59. The number of carbonyl (C=O) groups is 1. The Hall–Kier alpha value is -1.63. The fourth-order valence-electron chi connectivity index (χ4n) is 4.40. The van der Waals surface area contributed by atoms with E-state index in [9.17, 15) is 4.79 Å². The predicted molar refractivity (Wildman–Crippen MR) is 95.7 cm³/mol. The largest absolute Gasteiger partial charge is 0.373 e. The van der Waals surface area contributed by atoms with Gasteiger partial charge in [-0.25, -0.2) is 4.79 Å². The number of urea groups is 1. The summed E-state index contributed by atoms with van der Waals surface area (Å²) < 4.78 is 11.5. The second-order valence-corrected chi connectivity index (χ2v) is 8.10. The van der Waals surface area contributed by atoms with E-state index in [2.05, 4.69) is 15.5 Å². The first kappa shape index (κ1) is 17.8. The van der Waals surface area contributed by atoms with Crippen LogP contribution in [0, 0.1) is 0 Å². The van der Waals surface area contributed by atoms with Crippen LogP contribution in [-0.4, -0.2) is 45.9 Å². The molecule has 2 heterocycles. The van der Waals surface area contributed by atoms with E-state index in [0.29, 0.717) is 31.4 Å². The number of hydrogen-bond donors (Lipinski definition) is 1. The highest BCUT2D eigenvalue weighted by Gasteiger charge is 2.41. The minimum Gasteiger partial charge on any atom is -0.373 e. The van der Waals surface area contributed by atoms with Crippen LogP contribution in [0.25, 0.3) is 0 Å². The van der Waals surface area contributed by atoms with Crippen LogP contribution in [0.2, 0.25) is 0 Å². The molecule has 1 N–H and O–H groups in total. The Morgan fingerprint density at radius 1 is 1.27 bits per heavy atom. The number of carbonyl (C=O) groups excluding carboxylic acids is 1. The molecule has 0 bridgehead atoms. The maximum Gasteiger partial charge on any atom is 0.318 e. The van der Waals surface area contributed by atoms with Gasteiger partial charge in [-0.3, -0.25) is 0 Å². The Morgan fingerprint density at radius 2 is 2.08 bits per heavy atom. The molecule has 7 nitrogen and oxygen atoms in total. The third-order valence-electron chi connectivity index (χ3n) is 6.24. The molecule has 4 rings (SSSR count). The first-order chi connectivity index (χ1) is 12.7. The molecule has 0 radical (unpaired) electrons. The summed E-state index contributed by atoms with van der Waals surface area (Å²) in [5.74, 6) is 1.74. The predicted octanol–water partition coefficient (Wildman–Crippen LogP) is 3.36. The van der Waals surface area contributed by atoms with Gasteiger partial charge in [0.05, 0.1) is 24.8 Å². The smallest absolute Gasteiger partial charge is 0.318 e. The van der Waals surface area contributed by atoms with Gasteiger partial charge in [-0.05, 0) is 39.0 Å². The first-order valence-electron chi connectivity index (χ1n) is 10.2. The average molecular weight is 362 g/mol. The van der Waals surface area contributed by atoms with E-state index in [0.717, 1.165) is 38.0 Å². The van der Waals surface area contributed by atoms with Crippen molar-refractivity contribution in [3.8, 4) is 0 Å². The van der Waals surface area contributed by atoms with Gasteiger partial charge in [0.15, 0.2) is 5.82 Å². The lowest BCUT2D eigenvalue weighted by atomic mass is 9.82. The summed E-state index contributed by atoms with van der Waals surface area (Å²) in [7, 11) is 0. The lowest BCUT2D eigenvalue weighted by Gasteiger charge is -2.32. The molecule has 1 aromatic rings. The molecule has 2 saturated carbocycles. The summed E-state index contributed by atoms with van der Waals surface area (Å²) in [4.78, 5) is 18.9. The van der Waals surface area contributed by atoms with Crippen LogP contribution in [0.3, 0.4) is 0 Å². The normalized spacial score (nSPS) is 25.2. The molecule has 1 aliphatic heterocycles. The maximum absolute atomic E-state index is 12.7. The molecule has 1 spiro atoms. The average Bonchev–Trinajstić information content (AvgIpc) is 3.19. The molecule has 1 saturated heterocycles. The van der Waals surface area contributed by atoms with Crippen LogP contribution in [0.5, 0.6) is 0 Å². The van der Waals surface area contributed by atoms with Crippen molar-refractivity contribution in [2.45, 2.75) is 88.8 Å². The van der Waals surface area contributed by atoms with Crippen LogP contribution < -0.4 is 5.32 Å². The van der Waals surface area contributed by atoms with Gasteiger partial charge >= 0.3 is 6.03 Å². The van der Waals surface area contributed by atoms with Crippen LogP contribution in [0.15, 0.2) is 4.52 Å². The first-order valence-corrected chi connectivity index (χ1v) is 10.2. The number of nitrogens with zero attached hydrogens (tertiary/aromatic N) is 3. The highest BCUT2D eigenvalue weighted by molar-refractivity contribution is 5.74. The highest BCUT2D eigenvalue weighted by atomic mass is 16.5. The van der Waals surface area contributed by atoms with E-state index >= 15 is 0 Å². The summed E-state index contributed by atoms with van der Waals surface area (Å²) in [6.07, 6.45) is 10.5. The van der Waals surface area contributed by atoms with Gasteiger partial charge in [0, 0.05) is 12.5 Å². The minimum absolute atomic E-state index is 0.0125. The molecule has 1 atom stereocenters. The van der Waals surface area contributed by atoms with Crippen LogP contribution >= 0.6 is 0 Å². The van der Waals surface area contributed by atoms with Crippen molar-refractivity contribution < 1.29 is 14.1 Å². The third kappa shape index (κ3) is 3.72. The highest BCUT2D eigenvalue weighted by Crippen LogP contribution is 2.39. The molecule has 3 aliphatic rings. The van der Waals surface area contributed by atoms with Crippen molar-refractivity contribution in [3.05, 3.63) is 11.7 Å². The van der Waals surface area contributed by atoms with Gasteiger partial charge in [0.2, 0.25) is 5.89 Å². The van der Waals surface area contributed by atoms with Crippen molar-refractivity contribution in [2.24, 2.45) is 0 Å². The van der Waals surface area contributed by atoms with E-state index < -0.39 is 0 Å². The SMILES string of the molecule is CCN(Cc1noc(C2CCC2)n1)C(=O)N[C@@H]1COC2(CCCCC2)C1. The molecule has 2 amide bonds. The topological polar surface area (TPSA) is 80.5 Å². The monoisotopic (exact) mass is 362 g/mol. The Bertz CT molecular complexity index is 622. The van der Waals surface area contributed by atoms with Gasteiger partial charge in [-0.2, -0.15) is 4.98 Å². The summed E-state index contributed by atoms with van der Waals surface area (Å²) in [5, 5.41) is 7.21. The van der Waals surface area contributed by atoms with Crippen LogP contribution in [0.1, 0.15) is 82.3 Å². The zero-order valence-electron chi connectivity index (χ0n) is 15.7. The van der Waals surface area contributed by atoms with Gasteiger partial charge < -0.3 is 19.5 Å². The van der Waals surface area contributed by atoms with E-state index in [1.807, 2.05) is 6.92 Å². The van der Waals surface area contributed by atoms with Crippen molar-refractivity contribution in [1.29, 1.82) is 0 Å². The number of hydrogen-bond acceptors (Lipinski definition) is 5. The quantitative estimate of drug-likeness (QED) is 0.869. The molecular weight excluding hydrogens is 332 g/mol. The Balaban J connectivity index is 1.30. The molecule has 26 heavy (non-hydrogen) atoms. The van der Waals surface area contributed by atoms with Gasteiger partial charge in [-0.1, -0.05) is 30.8 Å².